The maximum absolute atomic E-state index is 12.0. The van der Waals surface area contributed by atoms with E-state index in [0.29, 0.717) is 12.4 Å². The number of aromatic nitrogens is 2. The number of hydrogen-bond acceptors (Lipinski definition) is 4. The van der Waals surface area contributed by atoms with Crippen LogP contribution in [0, 0.1) is 12.3 Å². The highest BCUT2D eigenvalue weighted by atomic mass is 32.2. The second kappa shape index (κ2) is 5.30. The Kier molecular flexibility index (Phi) is 4.36. The molecule has 0 aliphatic rings. The maximum Gasteiger partial charge on any atom is 0.310 e. The van der Waals surface area contributed by atoms with Crippen molar-refractivity contribution in [3.05, 3.63) is 12.0 Å². The number of sulfonamides is 1. The Morgan fingerprint density at radius 2 is 2.11 bits per heavy atom. The molecule has 0 radical (unpaired) electrons. The van der Waals surface area contributed by atoms with Gasteiger partial charge in [0.2, 0.25) is 0 Å². The van der Waals surface area contributed by atoms with Gasteiger partial charge in [0.15, 0.2) is 5.03 Å². The first-order valence-electron chi connectivity index (χ1n) is 5.87. The van der Waals surface area contributed by atoms with Gasteiger partial charge in [-0.25, -0.2) is 18.1 Å². The number of nitrogens with zero attached hydrogens (tertiary/aromatic N) is 2. The van der Waals surface area contributed by atoms with E-state index < -0.39 is 21.4 Å². The molecule has 0 bridgehead atoms. The lowest BCUT2D eigenvalue weighted by atomic mass is 9.95. The van der Waals surface area contributed by atoms with Crippen molar-refractivity contribution in [2.45, 2.75) is 39.3 Å². The number of rotatable bonds is 6. The minimum atomic E-state index is -3.78. The number of aryl methyl sites for hydroxylation is 2. The van der Waals surface area contributed by atoms with Crippen LogP contribution in [0.25, 0.3) is 0 Å². The predicted octanol–water partition coefficient (Wildman–Crippen LogP) is 0.601. The fourth-order valence-electron chi connectivity index (χ4n) is 1.35. The first-order valence-corrected chi connectivity index (χ1v) is 7.35. The van der Waals surface area contributed by atoms with Crippen molar-refractivity contribution >= 4 is 16.0 Å². The number of aliphatic carboxylic acids is 1. The van der Waals surface area contributed by atoms with Crippen molar-refractivity contribution in [1.29, 1.82) is 0 Å². The SMILES string of the molecule is CCn1cc(S(=O)(=O)NCC(C)(C)C(=O)O)nc1C. The lowest BCUT2D eigenvalue weighted by molar-refractivity contribution is -0.146. The van der Waals surface area contributed by atoms with Crippen molar-refractivity contribution in [3.8, 4) is 0 Å². The van der Waals surface area contributed by atoms with Gasteiger partial charge in [0.25, 0.3) is 10.0 Å². The molecule has 0 amide bonds. The molecule has 1 aromatic rings. The second-order valence-electron chi connectivity index (χ2n) is 4.93. The van der Waals surface area contributed by atoms with Crippen LogP contribution >= 0.6 is 0 Å². The number of nitrogens with one attached hydrogen (secondary N) is 1. The third kappa shape index (κ3) is 3.54. The standard InChI is InChI=1S/C11H19N3O4S/c1-5-14-6-9(13-8(14)2)19(17,18)12-7-11(3,4)10(15)16/h6,12H,5,7H2,1-4H3,(H,15,16). The van der Waals surface area contributed by atoms with E-state index in [4.69, 9.17) is 5.11 Å². The Morgan fingerprint density at radius 1 is 1.53 bits per heavy atom. The van der Waals surface area contributed by atoms with Crippen molar-refractivity contribution in [3.63, 3.8) is 0 Å². The number of hydrogen-bond donors (Lipinski definition) is 2. The number of carboxylic acids is 1. The molecule has 108 valence electrons. The Hall–Kier alpha value is -1.41. The molecule has 0 aliphatic carbocycles. The molecule has 1 aromatic heterocycles. The van der Waals surface area contributed by atoms with Crippen LogP contribution in [0.15, 0.2) is 11.2 Å². The molecule has 0 unspecified atom stereocenters. The maximum atomic E-state index is 12.0. The molecular weight excluding hydrogens is 270 g/mol. The van der Waals surface area contributed by atoms with Crippen LogP contribution in [0.3, 0.4) is 0 Å². The lowest BCUT2D eigenvalue weighted by Gasteiger charge is -2.18. The fraction of sp³-hybridized carbons (Fsp3) is 0.636. The van der Waals surface area contributed by atoms with Crippen LogP contribution in [-0.2, 0) is 21.4 Å². The van der Waals surface area contributed by atoms with Crippen LogP contribution in [0.1, 0.15) is 26.6 Å². The van der Waals surface area contributed by atoms with Gasteiger partial charge in [-0.3, -0.25) is 4.79 Å². The molecule has 0 aliphatic heterocycles. The molecule has 0 atom stereocenters. The molecule has 0 aromatic carbocycles. The van der Waals surface area contributed by atoms with E-state index in [1.165, 1.54) is 20.0 Å². The van der Waals surface area contributed by atoms with E-state index >= 15 is 0 Å². The van der Waals surface area contributed by atoms with Gasteiger partial charge in [0.1, 0.15) is 5.82 Å². The number of carbonyl (C=O) groups is 1. The Labute approximate surface area is 112 Å². The summed E-state index contributed by atoms with van der Waals surface area (Å²) in [6.07, 6.45) is 1.44. The van der Waals surface area contributed by atoms with Gasteiger partial charge in [-0.2, -0.15) is 0 Å². The third-order valence-corrected chi connectivity index (χ3v) is 4.12. The van der Waals surface area contributed by atoms with E-state index in [0.717, 1.165) is 0 Å². The van der Waals surface area contributed by atoms with E-state index in [9.17, 15) is 13.2 Å². The quantitative estimate of drug-likeness (QED) is 0.798. The molecular formula is C11H19N3O4S. The summed E-state index contributed by atoms with van der Waals surface area (Å²) in [6, 6.07) is 0. The Balaban J connectivity index is 2.90. The van der Waals surface area contributed by atoms with Crippen LogP contribution in [-0.4, -0.2) is 35.6 Å². The van der Waals surface area contributed by atoms with Crippen molar-refractivity contribution in [2.24, 2.45) is 5.41 Å². The van der Waals surface area contributed by atoms with E-state index in [2.05, 4.69) is 9.71 Å². The molecule has 2 N–H and O–H groups in total. The summed E-state index contributed by atoms with van der Waals surface area (Å²) in [5.41, 5.74) is -1.17. The molecule has 0 saturated heterocycles. The topological polar surface area (TPSA) is 101 Å². The summed E-state index contributed by atoms with van der Waals surface area (Å²) in [5, 5.41) is 8.85. The monoisotopic (exact) mass is 289 g/mol. The first-order chi connectivity index (χ1) is 8.60. The molecule has 0 fully saturated rings. The molecule has 1 heterocycles. The highest BCUT2D eigenvalue weighted by Gasteiger charge is 2.30. The summed E-state index contributed by atoms with van der Waals surface area (Å²) in [4.78, 5) is 14.9. The van der Waals surface area contributed by atoms with Crippen molar-refractivity contribution in [2.75, 3.05) is 6.54 Å². The molecule has 0 saturated carbocycles. The second-order valence-corrected chi connectivity index (χ2v) is 6.64. The van der Waals surface area contributed by atoms with Crippen LogP contribution in [0.2, 0.25) is 0 Å². The van der Waals surface area contributed by atoms with Crippen molar-refractivity contribution < 1.29 is 18.3 Å². The Morgan fingerprint density at radius 3 is 2.53 bits per heavy atom. The van der Waals surface area contributed by atoms with E-state index in [1.807, 2.05) is 6.92 Å². The zero-order valence-electron chi connectivity index (χ0n) is 11.5. The molecule has 1 rings (SSSR count). The van der Waals surface area contributed by atoms with E-state index in [1.54, 1.807) is 11.5 Å². The molecule has 7 nitrogen and oxygen atoms in total. The smallest absolute Gasteiger partial charge is 0.310 e. The van der Waals surface area contributed by atoms with E-state index in [-0.39, 0.29) is 11.6 Å². The number of carboxylic acid groups (broad SMARTS) is 1. The van der Waals surface area contributed by atoms with Crippen molar-refractivity contribution in [1.82, 2.24) is 14.3 Å². The summed E-state index contributed by atoms with van der Waals surface area (Å²) in [6.45, 7) is 6.93. The van der Waals surface area contributed by atoms with Gasteiger partial charge in [0, 0.05) is 19.3 Å². The normalized spacial score (nSPS) is 12.6. The number of imidazole rings is 1. The van der Waals surface area contributed by atoms with Crippen LogP contribution in [0.5, 0.6) is 0 Å². The fourth-order valence-corrected chi connectivity index (χ4v) is 2.57. The Bertz CT molecular complexity index is 575. The summed E-state index contributed by atoms with van der Waals surface area (Å²) < 4.78 is 28.0. The average Bonchev–Trinajstić information content (AvgIpc) is 2.69. The van der Waals surface area contributed by atoms with Gasteiger partial charge in [-0.05, 0) is 27.7 Å². The van der Waals surface area contributed by atoms with Crippen LogP contribution in [0.4, 0.5) is 0 Å². The third-order valence-electron chi connectivity index (χ3n) is 2.85. The predicted molar refractivity (Wildman–Crippen MR) is 69.2 cm³/mol. The largest absolute Gasteiger partial charge is 0.481 e. The van der Waals surface area contributed by atoms with Crippen LogP contribution < -0.4 is 4.72 Å². The zero-order valence-corrected chi connectivity index (χ0v) is 12.3. The van der Waals surface area contributed by atoms with Gasteiger partial charge in [-0.1, -0.05) is 0 Å². The zero-order chi connectivity index (χ0) is 14.8. The minimum absolute atomic E-state index is 0.0898. The van der Waals surface area contributed by atoms with Gasteiger partial charge in [0.05, 0.1) is 5.41 Å². The van der Waals surface area contributed by atoms with Gasteiger partial charge >= 0.3 is 5.97 Å². The summed E-state index contributed by atoms with van der Waals surface area (Å²) in [5.74, 6) is -0.467. The molecule has 0 spiro atoms. The van der Waals surface area contributed by atoms with Gasteiger partial charge in [-0.15, -0.1) is 0 Å². The minimum Gasteiger partial charge on any atom is -0.481 e. The summed E-state index contributed by atoms with van der Waals surface area (Å²) in [7, 11) is -3.78. The molecule has 8 heteroatoms. The summed E-state index contributed by atoms with van der Waals surface area (Å²) >= 11 is 0. The first kappa shape index (κ1) is 15.6. The highest BCUT2D eigenvalue weighted by Crippen LogP contribution is 2.15. The molecule has 19 heavy (non-hydrogen) atoms. The average molecular weight is 289 g/mol. The highest BCUT2D eigenvalue weighted by molar-refractivity contribution is 7.89. The van der Waals surface area contributed by atoms with Gasteiger partial charge < -0.3 is 9.67 Å². The lowest BCUT2D eigenvalue weighted by Crippen LogP contribution is -2.39.